The first kappa shape index (κ1) is 26.6. The van der Waals surface area contributed by atoms with E-state index < -0.39 is 0 Å². The average Bonchev–Trinajstić information content (AvgIpc) is 3.27. The minimum atomic E-state index is -0.384. The number of nitro groups is 1. The largest absolute Gasteiger partial charge is 0.340 e. The van der Waals surface area contributed by atoms with E-state index in [1.807, 2.05) is 11.0 Å². The molecule has 1 saturated heterocycles. The average molecular weight is 526 g/mol. The number of carbonyl (C=O) groups is 1. The predicted molar refractivity (Wildman–Crippen MR) is 154 cm³/mol. The van der Waals surface area contributed by atoms with Gasteiger partial charge in [0.25, 0.3) is 5.69 Å². The summed E-state index contributed by atoms with van der Waals surface area (Å²) >= 11 is 0. The number of imidazole rings is 1. The van der Waals surface area contributed by atoms with Crippen LogP contribution in [0.15, 0.2) is 60.8 Å². The Balaban J connectivity index is 1.51. The van der Waals surface area contributed by atoms with Crippen molar-refractivity contribution in [3.05, 3.63) is 87.7 Å². The van der Waals surface area contributed by atoms with Crippen molar-refractivity contribution in [1.29, 1.82) is 0 Å². The lowest BCUT2D eigenvalue weighted by molar-refractivity contribution is -0.384. The Morgan fingerprint density at radius 1 is 0.974 bits per heavy atom. The number of rotatable bonds is 7. The highest BCUT2D eigenvalue weighted by molar-refractivity contribution is 5.76. The lowest BCUT2D eigenvalue weighted by Gasteiger charge is -2.35. The van der Waals surface area contributed by atoms with Gasteiger partial charge < -0.3 is 9.30 Å². The molecule has 39 heavy (non-hydrogen) atoms. The summed E-state index contributed by atoms with van der Waals surface area (Å²) in [4.78, 5) is 32.7. The third-order valence-electron chi connectivity index (χ3n) is 7.45. The molecule has 0 atom stereocenters. The normalized spacial score (nSPS) is 14.3. The van der Waals surface area contributed by atoms with Gasteiger partial charge in [-0.25, -0.2) is 4.98 Å². The van der Waals surface area contributed by atoms with Crippen LogP contribution in [0.25, 0.3) is 28.0 Å². The molecule has 3 heterocycles. The van der Waals surface area contributed by atoms with Gasteiger partial charge in [-0.2, -0.15) is 0 Å². The fraction of sp³-hybridized carbons (Fsp3) is 0.355. The Morgan fingerprint density at radius 2 is 1.67 bits per heavy atom. The number of hydrogen-bond donors (Lipinski definition) is 0. The molecule has 2 aromatic heterocycles. The molecule has 202 valence electrons. The van der Waals surface area contributed by atoms with Gasteiger partial charge in [0.15, 0.2) is 0 Å². The van der Waals surface area contributed by atoms with Gasteiger partial charge in [0.05, 0.1) is 16.3 Å². The SMILES string of the molecule is Cc1ccc(C)c(-c2ccc3nc(-c4ccc([N+](=O)[O-])cc4)c(CN4CCN(C(=O)CC(C)C)CC4)n3c2)c1. The molecule has 0 saturated carbocycles. The van der Waals surface area contributed by atoms with Crippen LogP contribution >= 0.6 is 0 Å². The van der Waals surface area contributed by atoms with Crippen LogP contribution in [0.2, 0.25) is 0 Å². The summed E-state index contributed by atoms with van der Waals surface area (Å²) in [5, 5.41) is 11.2. The number of nitro benzene ring substituents is 1. The standard InChI is InChI=1S/C31H35N5O3/c1-21(2)17-30(37)34-15-13-33(14-16-34)20-28-31(24-7-10-26(11-8-24)36(38)39)32-29-12-9-25(19-35(28)29)27-18-22(3)5-6-23(27)4/h5-12,18-19,21H,13-17,20H2,1-4H3. The Morgan fingerprint density at radius 3 is 2.33 bits per heavy atom. The van der Waals surface area contributed by atoms with Crippen LogP contribution in [-0.2, 0) is 11.3 Å². The Bertz CT molecular complexity index is 1520. The molecule has 1 aliphatic heterocycles. The Kier molecular flexibility index (Phi) is 7.48. The lowest BCUT2D eigenvalue weighted by Crippen LogP contribution is -2.48. The minimum Gasteiger partial charge on any atom is -0.340 e. The van der Waals surface area contributed by atoms with E-state index in [2.05, 4.69) is 67.5 Å². The first-order valence-electron chi connectivity index (χ1n) is 13.5. The molecule has 1 fully saturated rings. The number of aromatic nitrogens is 2. The molecular formula is C31H35N5O3. The third kappa shape index (κ3) is 5.71. The quantitative estimate of drug-likeness (QED) is 0.222. The van der Waals surface area contributed by atoms with E-state index in [4.69, 9.17) is 4.98 Å². The molecule has 0 unspecified atom stereocenters. The van der Waals surface area contributed by atoms with Gasteiger partial charge >= 0.3 is 0 Å². The van der Waals surface area contributed by atoms with Crippen molar-refractivity contribution in [1.82, 2.24) is 19.2 Å². The number of non-ortho nitro benzene ring substituents is 1. The number of piperazine rings is 1. The van der Waals surface area contributed by atoms with E-state index in [0.717, 1.165) is 41.3 Å². The Hall–Kier alpha value is -4.04. The summed E-state index contributed by atoms with van der Waals surface area (Å²) in [5.74, 6) is 0.577. The number of aryl methyl sites for hydroxylation is 2. The summed E-state index contributed by atoms with van der Waals surface area (Å²) in [7, 11) is 0. The molecule has 2 aromatic carbocycles. The predicted octanol–water partition coefficient (Wildman–Crippen LogP) is 5.88. The van der Waals surface area contributed by atoms with Crippen LogP contribution in [0.1, 0.15) is 37.1 Å². The number of hydrogen-bond acceptors (Lipinski definition) is 5. The molecule has 1 amide bonds. The second kappa shape index (κ2) is 11.0. The molecule has 8 nitrogen and oxygen atoms in total. The van der Waals surface area contributed by atoms with E-state index in [1.54, 1.807) is 12.1 Å². The van der Waals surface area contributed by atoms with Gasteiger partial charge in [-0.15, -0.1) is 0 Å². The zero-order chi connectivity index (χ0) is 27.7. The molecule has 0 aliphatic carbocycles. The van der Waals surface area contributed by atoms with Gasteiger partial charge in [-0.1, -0.05) is 37.6 Å². The van der Waals surface area contributed by atoms with E-state index in [-0.39, 0.29) is 16.5 Å². The topological polar surface area (TPSA) is 84.0 Å². The van der Waals surface area contributed by atoms with E-state index in [9.17, 15) is 14.9 Å². The number of fused-ring (bicyclic) bond motifs is 1. The smallest absolute Gasteiger partial charge is 0.269 e. The van der Waals surface area contributed by atoms with E-state index in [1.165, 1.54) is 28.8 Å². The van der Waals surface area contributed by atoms with Crippen LogP contribution in [0.3, 0.4) is 0 Å². The van der Waals surface area contributed by atoms with Crippen LogP contribution in [0, 0.1) is 29.9 Å². The lowest BCUT2D eigenvalue weighted by atomic mass is 10.00. The molecule has 0 radical (unpaired) electrons. The minimum absolute atomic E-state index is 0.0588. The highest BCUT2D eigenvalue weighted by Gasteiger charge is 2.24. The zero-order valence-corrected chi connectivity index (χ0v) is 23.1. The van der Waals surface area contributed by atoms with Crippen LogP contribution in [0.4, 0.5) is 5.69 Å². The Labute approximate surface area is 229 Å². The first-order valence-corrected chi connectivity index (χ1v) is 13.5. The summed E-state index contributed by atoms with van der Waals surface area (Å²) in [6.45, 7) is 12.0. The molecule has 1 aliphatic rings. The zero-order valence-electron chi connectivity index (χ0n) is 23.1. The second-order valence-corrected chi connectivity index (χ2v) is 10.9. The van der Waals surface area contributed by atoms with Crippen LogP contribution < -0.4 is 0 Å². The van der Waals surface area contributed by atoms with Gasteiger partial charge in [0.2, 0.25) is 5.91 Å². The summed E-state index contributed by atoms with van der Waals surface area (Å²) in [6, 6.07) is 17.2. The van der Waals surface area contributed by atoms with Crippen molar-refractivity contribution in [3.63, 3.8) is 0 Å². The molecular weight excluding hydrogens is 490 g/mol. The maximum absolute atomic E-state index is 12.6. The van der Waals surface area contributed by atoms with Crippen molar-refractivity contribution in [2.45, 2.75) is 40.7 Å². The number of nitrogens with zero attached hydrogens (tertiary/aromatic N) is 5. The van der Waals surface area contributed by atoms with E-state index in [0.29, 0.717) is 32.0 Å². The highest BCUT2D eigenvalue weighted by atomic mass is 16.6. The maximum Gasteiger partial charge on any atom is 0.269 e. The molecule has 0 bridgehead atoms. The number of amides is 1. The summed E-state index contributed by atoms with van der Waals surface area (Å²) < 4.78 is 2.16. The van der Waals surface area contributed by atoms with Crippen molar-refractivity contribution in [3.8, 4) is 22.4 Å². The van der Waals surface area contributed by atoms with Crippen molar-refractivity contribution in [2.24, 2.45) is 5.92 Å². The second-order valence-electron chi connectivity index (χ2n) is 10.9. The van der Waals surface area contributed by atoms with Gasteiger partial charge in [0, 0.05) is 63.0 Å². The molecule has 8 heteroatoms. The maximum atomic E-state index is 12.6. The summed E-state index contributed by atoms with van der Waals surface area (Å²) in [6.07, 6.45) is 2.73. The number of pyridine rings is 1. The van der Waals surface area contributed by atoms with Gasteiger partial charge in [-0.05, 0) is 60.7 Å². The van der Waals surface area contributed by atoms with Crippen molar-refractivity contribution >= 4 is 17.2 Å². The van der Waals surface area contributed by atoms with Gasteiger partial charge in [-0.3, -0.25) is 19.8 Å². The number of carbonyl (C=O) groups excluding carboxylic acids is 1. The van der Waals surface area contributed by atoms with E-state index >= 15 is 0 Å². The molecule has 5 rings (SSSR count). The molecule has 4 aromatic rings. The monoisotopic (exact) mass is 525 g/mol. The number of benzene rings is 2. The van der Waals surface area contributed by atoms with Crippen molar-refractivity contribution in [2.75, 3.05) is 26.2 Å². The van der Waals surface area contributed by atoms with Crippen LogP contribution in [-0.4, -0.2) is 56.2 Å². The van der Waals surface area contributed by atoms with Crippen molar-refractivity contribution < 1.29 is 9.72 Å². The van der Waals surface area contributed by atoms with Crippen LogP contribution in [0.5, 0.6) is 0 Å². The van der Waals surface area contributed by atoms with Gasteiger partial charge in [0.1, 0.15) is 5.65 Å². The highest BCUT2D eigenvalue weighted by Crippen LogP contribution is 2.31. The fourth-order valence-electron chi connectivity index (χ4n) is 5.27. The fourth-order valence-corrected chi connectivity index (χ4v) is 5.27. The summed E-state index contributed by atoms with van der Waals surface area (Å²) in [5.41, 5.74) is 8.30. The molecule has 0 spiro atoms. The first-order chi connectivity index (χ1) is 18.7. The third-order valence-corrected chi connectivity index (χ3v) is 7.45. The molecule has 0 N–H and O–H groups in total.